The third kappa shape index (κ3) is 6.12. The van der Waals surface area contributed by atoms with Crippen molar-refractivity contribution in [2.75, 3.05) is 57.3 Å². The zero-order chi connectivity index (χ0) is 20.8. The summed E-state index contributed by atoms with van der Waals surface area (Å²) in [6.45, 7) is 9.30. The Morgan fingerprint density at radius 1 is 1.10 bits per heavy atom. The summed E-state index contributed by atoms with van der Waals surface area (Å²) in [7, 11) is 0. The minimum absolute atomic E-state index is 0. The van der Waals surface area contributed by atoms with Crippen molar-refractivity contribution in [1.29, 1.82) is 0 Å². The van der Waals surface area contributed by atoms with E-state index in [0.717, 1.165) is 64.6 Å². The molecule has 7 nitrogen and oxygen atoms in total. The number of rotatable bonds is 5. The van der Waals surface area contributed by atoms with E-state index in [4.69, 9.17) is 9.73 Å². The van der Waals surface area contributed by atoms with Crippen molar-refractivity contribution in [1.82, 2.24) is 15.1 Å². The molecule has 0 saturated carbocycles. The monoisotopic (exact) mass is 539 g/mol. The third-order valence-corrected chi connectivity index (χ3v) is 5.96. The molecule has 3 aliphatic rings. The Bertz CT molecular complexity index is 761. The summed E-state index contributed by atoms with van der Waals surface area (Å²) in [5, 5.41) is 3.41. The van der Waals surface area contributed by atoms with Gasteiger partial charge in [-0.25, -0.2) is 4.99 Å². The first-order chi connectivity index (χ1) is 14.7. The Morgan fingerprint density at radius 2 is 1.77 bits per heavy atom. The first kappa shape index (κ1) is 23.8. The highest BCUT2D eigenvalue weighted by Crippen LogP contribution is 2.18. The second-order valence-corrected chi connectivity index (χ2v) is 8.03. The number of amides is 1. The predicted octanol–water partition coefficient (Wildman–Crippen LogP) is 2.47. The molecule has 170 valence electrons. The molecule has 31 heavy (non-hydrogen) atoms. The fraction of sp³-hybridized carbons (Fsp3) is 0.565. The molecule has 1 N–H and O–H groups in total. The zero-order valence-corrected chi connectivity index (χ0v) is 20.7. The van der Waals surface area contributed by atoms with Gasteiger partial charge in [-0.2, -0.15) is 0 Å². The van der Waals surface area contributed by atoms with Gasteiger partial charge in [0.15, 0.2) is 5.96 Å². The van der Waals surface area contributed by atoms with Gasteiger partial charge in [0.1, 0.15) is 6.10 Å². The molecule has 2 fully saturated rings. The zero-order valence-electron chi connectivity index (χ0n) is 18.3. The summed E-state index contributed by atoms with van der Waals surface area (Å²) in [5.74, 6) is 1.08. The van der Waals surface area contributed by atoms with E-state index in [1.807, 2.05) is 4.90 Å². The number of anilines is 1. The first-order valence-electron chi connectivity index (χ1n) is 11.2. The molecule has 1 aromatic rings. The average molecular weight is 539 g/mol. The number of benzene rings is 1. The molecule has 0 radical (unpaired) electrons. The summed E-state index contributed by atoms with van der Waals surface area (Å²) in [6, 6.07) is 8.69. The Labute approximate surface area is 202 Å². The van der Waals surface area contributed by atoms with Gasteiger partial charge in [-0.3, -0.25) is 4.79 Å². The highest BCUT2D eigenvalue weighted by molar-refractivity contribution is 14.0. The second-order valence-electron chi connectivity index (χ2n) is 8.03. The first-order valence-corrected chi connectivity index (χ1v) is 11.2. The highest BCUT2D eigenvalue weighted by atomic mass is 127. The van der Waals surface area contributed by atoms with E-state index < -0.39 is 0 Å². The van der Waals surface area contributed by atoms with Gasteiger partial charge in [0.2, 0.25) is 0 Å². The number of hydrogen-bond donors (Lipinski definition) is 1. The lowest BCUT2D eigenvalue weighted by Crippen LogP contribution is -2.55. The Hall–Kier alpha value is -1.81. The van der Waals surface area contributed by atoms with Crippen LogP contribution in [0.25, 0.3) is 0 Å². The van der Waals surface area contributed by atoms with Crippen molar-refractivity contribution in [2.45, 2.75) is 32.4 Å². The number of ether oxygens (including phenoxy) is 1. The van der Waals surface area contributed by atoms with Crippen LogP contribution in [0, 0.1) is 0 Å². The molecule has 3 aliphatic heterocycles. The fourth-order valence-corrected chi connectivity index (χ4v) is 4.21. The van der Waals surface area contributed by atoms with Crippen LogP contribution >= 0.6 is 24.0 Å². The Morgan fingerprint density at radius 3 is 2.39 bits per heavy atom. The van der Waals surface area contributed by atoms with Crippen molar-refractivity contribution in [3.05, 3.63) is 42.0 Å². The maximum absolute atomic E-state index is 12.6. The Kier molecular flexibility index (Phi) is 9.01. The summed E-state index contributed by atoms with van der Waals surface area (Å²) in [4.78, 5) is 24.0. The van der Waals surface area contributed by atoms with Crippen LogP contribution in [0.15, 0.2) is 41.4 Å². The molecule has 2 saturated heterocycles. The van der Waals surface area contributed by atoms with Gasteiger partial charge >= 0.3 is 0 Å². The molecule has 3 heterocycles. The minimum Gasteiger partial charge on any atom is -0.368 e. The molecular weight excluding hydrogens is 505 g/mol. The molecule has 0 bridgehead atoms. The van der Waals surface area contributed by atoms with E-state index in [-0.39, 0.29) is 36.0 Å². The van der Waals surface area contributed by atoms with E-state index in [0.29, 0.717) is 13.2 Å². The molecule has 0 aliphatic carbocycles. The smallest absolute Gasteiger partial charge is 0.251 e. The Balaban J connectivity index is 0.00000272. The van der Waals surface area contributed by atoms with E-state index >= 15 is 0 Å². The molecule has 1 aromatic carbocycles. The molecular formula is C23H34IN5O2. The molecule has 0 spiro atoms. The summed E-state index contributed by atoms with van der Waals surface area (Å²) < 4.78 is 5.56. The second kappa shape index (κ2) is 11.7. The number of aliphatic imine (C=N–C) groups is 1. The largest absolute Gasteiger partial charge is 0.368 e. The van der Waals surface area contributed by atoms with Crippen molar-refractivity contribution in [2.24, 2.45) is 4.99 Å². The quantitative estimate of drug-likeness (QED) is 0.270. The number of carbonyl (C=O) groups excluding carboxylic acids is 1. The topological polar surface area (TPSA) is 60.4 Å². The number of halogens is 1. The van der Waals surface area contributed by atoms with Crippen molar-refractivity contribution >= 4 is 41.5 Å². The lowest BCUT2D eigenvalue weighted by Gasteiger charge is -2.37. The van der Waals surface area contributed by atoms with Crippen LogP contribution in [0.3, 0.4) is 0 Å². The number of hydrogen-bond acceptors (Lipinski definition) is 4. The molecule has 8 heteroatoms. The van der Waals surface area contributed by atoms with Crippen molar-refractivity contribution in [3.8, 4) is 0 Å². The number of guanidine groups is 1. The number of nitrogens with one attached hydrogen (secondary N) is 1. The van der Waals surface area contributed by atoms with Gasteiger partial charge in [-0.05, 0) is 37.5 Å². The lowest BCUT2D eigenvalue weighted by molar-refractivity contribution is -0.142. The number of carbonyl (C=O) groups is 1. The lowest BCUT2D eigenvalue weighted by atomic mass is 10.2. The number of nitrogens with zero attached hydrogens (tertiary/aromatic N) is 4. The summed E-state index contributed by atoms with van der Waals surface area (Å²) in [6.07, 6.45) is 6.03. The maximum Gasteiger partial charge on any atom is 0.251 e. The minimum atomic E-state index is -0.224. The van der Waals surface area contributed by atoms with Crippen molar-refractivity contribution in [3.63, 3.8) is 0 Å². The van der Waals surface area contributed by atoms with Crippen LogP contribution in [0.2, 0.25) is 0 Å². The van der Waals surface area contributed by atoms with Gasteiger partial charge in [0.25, 0.3) is 5.91 Å². The van der Waals surface area contributed by atoms with E-state index in [1.54, 1.807) is 0 Å². The van der Waals surface area contributed by atoms with Gasteiger partial charge in [-0.15, -0.1) is 24.0 Å². The van der Waals surface area contributed by atoms with E-state index in [1.165, 1.54) is 11.3 Å². The van der Waals surface area contributed by atoms with Gasteiger partial charge in [0, 0.05) is 58.1 Å². The number of piperazine rings is 1. The summed E-state index contributed by atoms with van der Waals surface area (Å²) >= 11 is 0. The third-order valence-electron chi connectivity index (χ3n) is 5.96. The average Bonchev–Trinajstić information content (AvgIpc) is 3.51. The van der Waals surface area contributed by atoms with Crippen LogP contribution in [0.5, 0.6) is 0 Å². The fourth-order valence-electron chi connectivity index (χ4n) is 4.21. The molecule has 1 unspecified atom stereocenters. The molecule has 1 atom stereocenters. The van der Waals surface area contributed by atoms with Crippen LogP contribution in [-0.2, 0) is 16.1 Å². The highest BCUT2D eigenvalue weighted by Gasteiger charge is 2.30. The van der Waals surface area contributed by atoms with E-state index in [9.17, 15) is 4.79 Å². The van der Waals surface area contributed by atoms with Crippen LogP contribution in [0.4, 0.5) is 5.69 Å². The van der Waals surface area contributed by atoms with Crippen LogP contribution in [-0.4, -0.2) is 80.2 Å². The van der Waals surface area contributed by atoms with Gasteiger partial charge < -0.3 is 24.8 Å². The molecule has 0 aromatic heterocycles. The van der Waals surface area contributed by atoms with Gasteiger partial charge in [-0.1, -0.05) is 24.3 Å². The molecule has 4 rings (SSSR count). The van der Waals surface area contributed by atoms with Gasteiger partial charge in [0.05, 0.1) is 6.54 Å². The maximum atomic E-state index is 12.6. The standard InChI is InChI=1S/C23H33N5O2.HI/c1-2-24-23(25-18-19-7-9-20(10-8-19)26-11-3-4-12-26)28-15-13-27(14-16-28)22(29)21-6-5-17-30-21;/h3-4,7-10,21H,2,5-6,11-18H2,1H3,(H,24,25);1H. The van der Waals surface area contributed by atoms with Crippen molar-refractivity contribution < 1.29 is 9.53 Å². The normalized spacial score (nSPS) is 21.4. The van der Waals surface area contributed by atoms with E-state index in [2.05, 4.69) is 58.5 Å². The SMILES string of the molecule is CCNC(=NCc1ccc(N2CC=CC2)cc1)N1CCN(C(=O)C2CCCO2)CC1.I. The van der Waals surface area contributed by atoms with Crippen LogP contribution < -0.4 is 10.2 Å². The van der Waals surface area contributed by atoms with Crippen LogP contribution in [0.1, 0.15) is 25.3 Å². The molecule has 1 amide bonds. The summed E-state index contributed by atoms with van der Waals surface area (Å²) in [5.41, 5.74) is 2.46. The predicted molar refractivity (Wildman–Crippen MR) is 135 cm³/mol.